The molecule has 1 unspecified atom stereocenters. The molecule has 1 atom stereocenters. The zero-order valence-electron chi connectivity index (χ0n) is 16.0. The van der Waals surface area contributed by atoms with E-state index < -0.39 is 0 Å². The van der Waals surface area contributed by atoms with Crippen molar-refractivity contribution in [3.8, 4) is 0 Å². The van der Waals surface area contributed by atoms with Crippen LogP contribution in [0.5, 0.6) is 0 Å². The molecule has 6 nitrogen and oxygen atoms in total. The van der Waals surface area contributed by atoms with Gasteiger partial charge in [-0.3, -0.25) is 14.5 Å². The van der Waals surface area contributed by atoms with Crippen LogP contribution >= 0.6 is 11.3 Å². The van der Waals surface area contributed by atoms with Crippen molar-refractivity contribution in [3.05, 3.63) is 70.7 Å². The molecule has 0 aliphatic rings. The Hall–Kier alpha value is -3.06. The smallest absolute Gasteiger partial charge is 0.230 e. The van der Waals surface area contributed by atoms with Gasteiger partial charge in [0.25, 0.3) is 0 Å². The Morgan fingerprint density at radius 2 is 1.75 bits per heavy atom. The highest BCUT2D eigenvalue weighted by molar-refractivity contribution is 7.15. The molecule has 2 amide bonds. The molecule has 0 saturated carbocycles. The molecule has 0 aliphatic heterocycles. The zero-order valence-corrected chi connectivity index (χ0v) is 16.9. The Kier molecular flexibility index (Phi) is 6.16. The van der Waals surface area contributed by atoms with Crippen LogP contribution in [-0.2, 0) is 16.0 Å². The molecule has 1 aromatic heterocycles. The Morgan fingerprint density at radius 1 is 1.07 bits per heavy atom. The number of carbonyl (C=O) groups excluding carboxylic acids is 2. The van der Waals surface area contributed by atoms with Gasteiger partial charge in [-0.2, -0.15) is 0 Å². The second-order valence-electron chi connectivity index (χ2n) is 6.55. The van der Waals surface area contributed by atoms with Crippen LogP contribution in [-0.4, -0.2) is 22.0 Å². The van der Waals surface area contributed by atoms with Gasteiger partial charge in [0.05, 0.1) is 18.2 Å². The third kappa shape index (κ3) is 4.80. The van der Waals surface area contributed by atoms with Gasteiger partial charge >= 0.3 is 0 Å². The van der Waals surface area contributed by atoms with Crippen LogP contribution in [0.4, 0.5) is 10.8 Å². The van der Waals surface area contributed by atoms with Gasteiger partial charge in [-0.15, -0.1) is 10.2 Å². The molecule has 0 saturated heterocycles. The lowest BCUT2D eigenvalue weighted by Crippen LogP contribution is -2.28. The van der Waals surface area contributed by atoms with Gasteiger partial charge in [0, 0.05) is 6.92 Å². The molecular weight excluding hydrogens is 372 g/mol. The SMILES string of the molecule is CC(=O)N(c1ccccc1)c1nnc(CC(=O)NC(C)c2ccc(C)cc2)s1. The number of nitrogens with zero attached hydrogens (tertiary/aromatic N) is 3. The quantitative estimate of drug-likeness (QED) is 0.687. The summed E-state index contributed by atoms with van der Waals surface area (Å²) in [5.41, 5.74) is 2.94. The minimum absolute atomic E-state index is 0.0986. The molecule has 0 spiro atoms. The summed E-state index contributed by atoms with van der Waals surface area (Å²) in [6, 6.07) is 17.2. The van der Waals surface area contributed by atoms with Gasteiger partial charge < -0.3 is 5.32 Å². The largest absolute Gasteiger partial charge is 0.349 e. The lowest BCUT2D eigenvalue weighted by molar-refractivity contribution is -0.121. The van der Waals surface area contributed by atoms with Gasteiger partial charge in [-0.25, -0.2) is 0 Å². The summed E-state index contributed by atoms with van der Waals surface area (Å²) < 4.78 is 0. The molecular formula is C21H22N4O2S. The maximum atomic E-state index is 12.4. The van der Waals surface area contributed by atoms with Crippen molar-refractivity contribution in [2.75, 3.05) is 4.90 Å². The number of carbonyl (C=O) groups is 2. The highest BCUT2D eigenvalue weighted by Crippen LogP contribution is 2.28. The van der Waals surface area contributed by atoms with E-state index in [0.717, 1.165) is 11.3 Å². The predicted molar refractivity (Wildman–Crippen MR) is 111 cm³/mol. The average Bonchev–Trinajstić information content (AvgIpc) is 3.10. The summed E-state index contributed by atoms with van der Waals surface area (Å²) in [5.74, 6) is -0.295. The van der Waals surface area contributed by atoms with E-state index in [2.05, 4.69) is 15.5 Å². The molecule has 0 bridgehead atoms. The fourth-order valence-electron chi connectivity index (χ4n) is 2.78. The van der Waals surface area contributed by atoms with Gasteiger partial charge in [0.1, 0.15) is 5.01 Å². The zero-order chi connectivity index (χ0) is 20.1. The monoisotopic (exact) mass is 394 g/mol. The summed E-state index contributed by atoms with van der Waals surface area (Å²) in [7, 11) is 0. The molecule has 3 rings (SSSR count). The lowest BCUT2D eigenvalue weighted by atomic mass is 10.1. The number of nitrogens with one attached hydrogen (secondary N) is 1. The van der Waals surface area contributed by atoms with Crippen LogP contribution in [0, 0.1) is 6.92 Å². The Morgan fingerprint density at radius 3 is 2.39 bits per heavy atom. The first kappa shape index (κ1) is 19.7. The topological polar surface area (TPSA) is 75.2 Å². The van der Waals surface area contributed by atoms with E-state index in [1.165, 1.54) is 28.7 Å². The fraction of sp³-hybridized carbons (Fsp3) is 0.238. The van der Waals surface area contributed by atoms with Crippen LogP contribution < -0.4 is 10.2 Å². The van der Waals surface area contributed by atoms with E-state index in [0.29, 0.717) is 10.1 Å². The Bertz CT molecular complexity index is 954. The third-order valence-corrected chi connectivity index (χ3v) is 5.15. The number of aryl methyl sites for hydroxylation is 1. The van der Waals surface area contributed by atoms with Crippen molar-refractivity contribution in [3.63, 3.8) is 0 Å². The highest BCUT2D eigenvalue weighted by atomic mass is 32.1. The van der Waals surface area contributed by atoms with E-state index in [1.54, 1.807) is 0 Å². The van der Waals surface area contributed by atoms with Gasteiger partial charge in [0.2, 0.25) is 16.9 Å². The van der Waals surface area contributed by atoms with Crippen molar-refractivity contribution in [1.29, 1.82) is 0 Å². The fourth-order valence-corrected chi connectivity index (χ4v) is 3.68. The summed E-state index contributed by atoms with van der Waals surface area (Å²) in [4.78, 5) is 26.0. The first-order valence-electron chi connectivity index (χ1n) is 8.98. The maximum Gasteiger partial charge on any atom is 0.230 e. The molecule has 0 aliphatic carbocycles. The molecule has 0 radical (unpaired) electrons. The van der Waals surface area contributed by atoms with Crippen LogP contribution in [0.25, 0.3) is 0 Å². The summed E-state index contributed by atoms with van der Waals surface area (Å²) in [6.45, 7) is 5.45. The molecule has 0 fully saturated rings. The van der Waals surface area contributed by atoms with Crippen molar-refractivity contribution in [1.82, 2.24) is 15.5 Å². The molecule has 7 heteroatoms. The number of benzene rings is 2. The minimum Gasteiger partial charge on any atom is -0.349 e. The number of hydrogen-bond acceptors (Lipinski definition) is 5. The number of rotatable bonds is 6. The van der Waals surface area contributed by atoms with Gasteiger partial charge in [-0.05, 0) is 31.5 Å². The first-order valence-corrected chi connectivity index (χ1v) is 9.79. The van der Waals surface area contributed by atoms with E-state index in [4.69, 9.17) is 0 Å². The van der Waals surface area contributed by atoms with E-state index in [9.17, 15) is 9.59 Å². The van der Waals surface area contributed by atoms with Crippen molar-refractivity contribution in [2.24, 2.45) is 0 Å². The van der Waals surface area contributed by atoms with Gasteiger partial charge in [0.15, 0.2) is 0 Å². The number of hydrogen-bond donors (Lipinski definition) is 1. The molecule has 2 aromatic carbocycles. The van der Waals surface area contributed by atoms with Crippen molar-refractivity contribution in [2.45, 2.75) is 33.2 Å². The molecule has 3 aromatic rings. The van der Waals surface area contributed by atoms with E-state index in [1.807, 2.05) is 68.4 Å². The molecule has 144 valence electrons. The number of aromatic nitrogens is 2. The molecule has 1 N–H and O–H groups in total. The standard InChI is InChI=1S/C21H22N4O2S/c1-14-9-11-17(12-10-14)15(2)22-19(27)13-20-23-24-21(28-20)25(16(3)26)18-7-5-4-6-8-18/h4-12,15H,13H2,1-3H3,(H,22,27). The summed E-state index contributed by atoms with van der Waals surface area (Å²) in [6.07, 6.45) is 0.119. The third-order valence-electron chi connectivity index (χ3n) is 4.24. The number of anilines is 2. The minimum atomic E-state index is -0.161. The molecule has 28 heavy (non-hydrogen) atoms. The first-order chi connectivity index (χ1) is 13.4. The van der Waals surface area contributed by atoms with Crippen LogP contribution in [0.2, 0.25) is 0 Å². The second-order valence-corrected chi connectivity index (χ2v) is 7.59. The van der Waals surface area contributed by atoms with Crippen LogP contribution in [0.1, 0.15) is 36.0 Å². The second kappa shape index (κ2) is 8.75. The van der Waals surface area contributed by atoms with Crippen LogP contribution in [0.15, 0.2) is 54.6 Å². The number of amides is 2. The van der Waals surface area contributed by atoms with Crippen molar-refractivity contribution < 1.29 is 9.59 Å². The molecule has 1 heterocycles. The lowest BCUT2D eigenvalue weighted by Gasteiger charge is -2.16. The summed E-state index contributed by atoms with van der Waals surface area (Å²) in [5, 5.41) is 12.2. The Labute approximate surface area is 168 Å². The maximum absolute atomic E-state index is 12.4. The number of para-hydroxylation sites is 1. The van der Waals surface area contributed by atoms with Gasteiger partial charge in [-0.1, -0.05) is 59.4 Å². The van der Waals surface area contributed by atoms with Crippen molar-refractivity contribution >= 4 is 34.0 Å². The highest BCUT2D eigenvalue weighted by Gasteiger charge is 2.20. The average molecular weight is 395 g/mol. The predicted octanol–water partition coefficient (Wildman–Crippen LogP) is 3.95. The Balaban J connectivity index is 1.67. The normalized spacial score (nSPS) is 11.7. The van der Waals surface area contributed by atoms with E-state index in [-0.39, 0.29) is 24.3 Å². The van der Waals surface area contributed by atoms with E-state index >= 15 is 0 Å². The summed E-state index contributed by atoms with van der Waals surface area (Å²) >= 11 is 1.24. The van der Waals surface area contributed by atoms with Crippen LogP contribution in [0.3, 0.4) is 0 Å².